The molecule has 2 unspecified atom stereocenters. The van der Waals surface area contributed by atoms with Gasteiger partial charge in [0.1, 0.15) is 0 Å². The lowest BCUT2D eigenvalue weighted by Gasteiger charge is -2.08. The van der Waals surface area contributed by atoms with Crippen LogP contribution in [0.3, 0.4) is 0 Å². The highest BCUT2D eigenvalue weighted by Crippen LogP contribution is 2.24. The van der Waals surface area contributed by atoms with Gasteiger partial charge >= 0.3 is 0 Å². The second-order valence-corrected chi connectivity index (χ2v) is 6.54. The Morgan fingerprint density at radius 2 is 2.22 bits per heavy atom. The molecule has 7 heteroatoms. The second-order valence-electron chi connectivity index (χ2n) is 4.12. The molecule has 0 aliphatic carbocycles. The predicted molar refractivity (Wildman–Crippen MR) is 75.7 cm³/mol. The van der Waals surface area contributed by atoms with E-state index in [1.807, 2.05) is 6.92 Å². The van der Waals surface area contributed by atoms with Gasteiger partial charge < -0.3 is 5.73 Å². The molecule has 2 N–H and O–H groups in total. The molecule has 5 nitrogen and oxygen atoms in total. The van der Waals surface area contributed by atoms with E-state index in [-0.39, 0.29) is 17.4 Å². The maximum Gasteiger partial charge on any atom is 0.274 e. The van der Waals surface area contributed by atoms with Gasteiger partial charge in [0.2, 0.25) is 0 Å². The topological polar surface area (TPSA) is 86.2 Å². The maximum atomic E-state index is 11.9. The van der Waals surface area contributed by atoms with Crippen molar-refractivity contribution in [1.82, 2.24) is 0 Å². The van der Waals surface area contributed by atoms with Gasteiger partial charge in [-0.25, -0.2) is 0 Å². The van der Waals surface area contributed by atoms with Crippen molar-refractivity contribution in [2.75, 3.05) is 12.3 Å². The molecule has 0 aromatic heterocycles. The summed E-state index contributed by atoms with van der Waals surface area (Å²) in [5, 5.41) is 10.9. The molecule has 100 valence electrons. The van der Waals surface area contributed by atoms with Crippen LogP contribution in [0.5, 0.6) is 0 Å². The summed E-state index contributed by atoms with van der Waals surface area (Å²) >= 11 is 3.19. The predicted octanol–water partition coefficient (Wildman–Crippen LogP) is 2.20. The van der Waals surface area contributed by atoms with Crippen molar-refractivity contribution < 1.29 is 9.13 Å². The number of benzene rings is 1. The Kier molecular flexibility index (Phi) is 5.90. The van der Waals surface area contributed by atoms with E-state index >= 15 is 0 Å². The summed E-state index contributed by atoms with van der Waals surface area (Å²) in [7, 11) is -1.13. The van der Waals surface area contributed by atoms with Crippen molar-refractivity contribution in [3.63, 3.8) is 0 Å². The van der Waals surface area contributed by atoms with E-state index in [0.717, 1.165) is 0 Å². The van der Waals surface area contributed by atoms with Gasteiger partial charge in [0.25, 0.3) is 5.69 Å². The van der Waals surface area contributed by atoms with E-state index < -0.39 is 15.7 Å². The van der Waals surface area contributed by atoms with Crippen LogP contribution in [0.1, 0.15) is 12.5 Å². The molecular weight excluding hydrogens is 320 g/mol. The lowest BCUT2D eigenvalue weighted by atomic mass is 10.2. The lowest BCUT2D eigenvalue weighted by Crippen LogP contribution is -2.18. The third-order valence-corrected chi connectivity index (χ3v) is 4.50. The number of rotatable bonds is 6. The largest absolute Gasteiger partial charge is 0.330 e. The van der Waals surface area contributed by atoms with Crippen LogP contribution in [0.15, 0.2) is 22.7 Å². The molecule has 18 heavy (non-hydrogen) atoms. The third-order valence-electron chi connectivity index (χ3n) is 2.43. The van der Waals surface area contributed by atoms with Crippen molar-refractivity contribution in [3.05, 3.63) is 38.3 Å². The van der Waals surface area contributed by atoms with Crippen LogP contribution in [0.2, 0.25) is 0 Å². The zero-order chi connectivity index (χ0) is 13.7. The van der Waals surface area contributed by atoms with Gasteiger partial charge in [-0.2, -0.15) is 0 Å². The Bertz CT molecular complexity index is 468. The molecule has 0 bridgehead atoms. The first kappa shape index (κ1) is 15.3. The first-order valence-electron chi connectivity index (χ1n) is 5.42. The summed E-state index contributed by atoms with van der Waals surface area (Å²) in [4.78, 5) is 10.4. The smallest absolute Gasteiger partial charge is 0.274 e. The number of halogens is 1. The fourth-order valence-corrected chi connectivity index (χ4v) is 3.28. The summed E-state index contributed by atoms with van der Waals surface area (Å²) in [6.07, 6.45) is 0. The van der Waals surface area contributed by atoms with Crippen LogP contribution in [0, 0.1) is 16.0 Å². The van der Waals surface area contributed by atoms with E-state index in [0.29, 0.717) is 22.3 Å². The van der Waals surface area contributed by atoms with Gasteiger partial charge in [0, 0.05) is 32.7 Å². The fourth-order valence-electron chi connectivity index (χ4n) is 1.45. The molecule has 0 heterocycles. The SMILES string of the molecule is CC(CN)CS(=O)Cc1ccc(Br)cc1[N+](=O)[O-]. The molecule has 0 saturated carbocycles. The number of hydrogen-bond acceptors (Lipinski definition) is 4. The van der Waals surface area contributed by atoms with Gasteiger partial charge in [0.15, 0.2) is 0 Å². The average Bonchev–Trinajstić information content (AvgIpc) is 2.30. The van der Waals surface area contributed by atoms with Crippen molar-refractivity contribution in [2.24, 2.45) is 11.7 Å². The van der Waals surface area contributed by atoms with Crippen molar-refractivity contribution in [1.29, 1.82) is 0 Å². The second kappa shape index (κ2) is 6.96. The van der Waals surface area contributed by atoms with Crippen LogP contribution >= 0.6 is 15.9 Å². The molecule has 0 fully saturated rings. The van der Waals surface area contributed by atoms with E-state index in [9.17, 15) is 14.3 Å². The van der Waals surface area contributed by atoms with Crippen LogP contribution in [-0.2, 0) is 16.6 Å². The molecule has 2 atom stereocenters. The summed E-state index contributed by atoms with van der Waals surface area (Å²) < 4.78 is 12.5. The highest BCUT2D eigenvalue weighted by atomic mass is 79.9. The van der Waals surface area contributed by atoms with Gasteiger partial charge in [-0.15, -0.1) is 0 Å². The average molecular weight is 335 g/mol. The Morgan fingerprint density at radius 3 is 2.78 bits per heavy atom. The van der Waals surface area contributed by atoms with Crippen LogP contribution in [0.4, 0.5) is 5.69 Å². The normalized spacial score (nSPS) is 14.2. The summed E-state index contributed by atoms with van der Waals surface area (Å²) in [5.41, 5.74) is 5.95. The molecule has 0 radical (unpaired) electrons. The summed E-state index contributed by atoms with van der Waals surface area (Å²) in [6, 6.07) is 4.78. The Morgan fingerprint density at radius 1 is 1.56 bits per heavy atom. The van der Waals surface area contributed by atoms with E-state index in [1.165, 1.54) is 6.07 Å². The molecular formula is C11H15BrN2O3S. The summed E-state index contributed by atoms with van der Waals surface area (Å²) in [6.45, 7) is 2.38. The molecule has 0 amide bonds. The van der Waals surface area contributed by atoms with Gasteiger partial charge in [0.05, 0.1) is 10.7 Å². The van der Waals surface area contributed by atoms with Crippen molar-refractivity contribution in [2.45, 2.75) is 12.7 Å². The molecule has 0 aliphatic heterocycles. The zero-order valence-corrected chi connectivity index (χ0v) is 12.4. The van der Waals surface area contributed by atoms with Gasteiger partial charge in [-0.1, -0.05) is 28.9 Å². The number of nitrogens with zero attached hydrogens (tertiary/aromatic N) is 1. The Balaban J connectivity index is 2.84. The van der Waals surface area contributed by atoms with Crippen molar-refractivity contribution in [3.8, 4) is 0 Å². The minimum absolute atomic E-state index is 0.00173. The minimum atomic E-state index is -1.13. The Labute approximate surface area is 116 Å². The van der Waals surface area contributed by atoms with Crippen molar-refractivity contribution >= 4 is 32.4 Å². The van der Waals surface area contributed by atoms with E-state index in [1.54, 1.807) is 12.1 Å². The van der Waals surface area contributed by atoms with E-state index in [2.05, 4.69) is 15.9 Å². The fraction of sp³-hybridized carbons (Fsp3) is 0.455. The number of nitro benzene ring substituents is 1. The van der Waals surface area contributed by atoms with Crippen LogP contribution in [0.25, 0.3) is 0 Å². The maximum absolute atomic E-state index is 11.9. The molecule has 1 rings (SSSR count). The summed E-state index contributed by atoms with van der Waals surface area (Å²) in [5.74, 6) is 0.804. The number of hydrogen-bond donors (Lipinski definition) is 1. The highest BCUT2D eigenvalue weighted by Gasteiger charge is 2.17. The monoisotopic (exact) mass is 334 g/mol. The lowest BCUT2D eigenvalue weighted by molar-refractivity contribution is -0.385. The highest BCUT2D eigenvalue weighted by molar-refractivity contribution is 9.10. The van der Waals surface area contributed by atoms with Crippen LogP contribution < -0.4 is 5.73 Å². The standard InChI is InChI=1S/C11H15BrN2O3S/c1-8(5-13)6-18(17)7-9-2-3-10(12)4-11(9)14(15)16/h2-4,8H,5-7,13H2,1H3. The number of nitrogens with two attached hydrogens (primary N) is 1. The zero-order valence-electron chi connectivity index (χ0n) is 9.97. The minimum Gasteiger partial charge on any atom is -0.330 e. The molecule has 0 aliphatic rings. The van der Waals surface area contributed by atoms with Gasteiger partial charge in [-0.3, -0.25) is 14.3 Å². The first-order valence-corrected chi connectivity index (χ1v) is 7.70. The molecule has 1 aromatic carbocycles. The quantitative estimate of drug-likeness (QED) is 0.638. The molecule has 1 aromatic rings. The Hall–Kier alpha value is -0.790. The first-order chi connectivity index (χ1) is 8.43. The van der Waals surface area contributed by atoms with E-state index in [4.69, 9.17) is 5.73 Å². The third kappa shape index (κ3) is 4.47. The van der Waals surface area contributed by atoms with Crippen LogP contribution in [-0.4, -0.2) is 21.4 Å². The molecule has 0 spiro atoms. The van der Waals surface area contributed by atoms with Gasteiger partial charge in [-0.05, 0) is 18.5 Å². The number of nitro groups is 1. The molecule has 0 saturated heterocycles.